The first-order chi connectivity index (χ1) is 10.4. The molecule has 2 amide bonds. The second-order valence-electron chi connectivity index (χ2n) is 4.81. The van der Waals surface area contributed by atoms with E-state index in [1.54, 1.807) is 6.92 Å². The highest BCUT2D eigenvalue weighted by atomic mass is 35.5. The maximum absolute atomic E-state index is 11.5. The van der Waals surface area contributed by atoms with Gasteiger partial charge >= 0.3 is 11.8 Å². The Morgan fingerprint density at radius 1 is 1.36 bits per heavy atom. The van der Waals surface area contributed by atoms with Crippen LogP contribution in [0.1, 0.15) is 25.3 Å². The Kier molecular flexibility index (Phi) is 4.71. The van der Waals surface area contributed by atoms with Crippen LogP contribution in [0, 0.1) is 10.1 Å². The maximum Gasteiger partial charge on any atom is 0.329 e. The molecule has 1 aliphatic rings. The monoisotopic (exact) mass is 324 g/mol. The molecule has 2 rings (SSSR count). The van der Waals surface area contributed by atoms with Crippen molar-refractivity contribution in [3.8, 4) is 0 Å². The Morgan fingerprint density at radius 2 is 2.05 bits per heavy atom. The first-order valence-electron chi connectivity index (χ1n) is 6.48. The average Bonchev–Trinajstić information content (AvgIpc) is 3.28. The van der Waals surface area contributed by atoms with E-state index in [4.69, 9.17) is 11.6 Å². The number of amides is 2. The van der Waals surface area contributed by atoms with Gasteiger partial charge in [-0.1, -0.05) is 17.7 Å². The van der Waals surface area contributed by atoms with Gasteiger partial charge in [0, 0.05) is 17.7 Å². The van der Waals surface area contributed by atoms with Crippen LogP contribution >= 0.6 is 11.6 Å². The van der Waals surface area contributed by atoms with Gasteiger partial charge < -0.3 is 5.32 Å². The number of hydrazone groups is 1. The summed E-state index contributed by atoms with van der Waals surface area (Å²) in [6.45, 7) is 1.55. The van der Waals surface area contributed by atoms with Crippen LogP contribution in [0.4, 0.5) is 5.69 Å². The van der Waals surface area contributed by atoms with Gasteiger partial charge in [-0.3, -0.25) is 19.7 Å². The van der Waals surface area contributed by atoms with Crippen LogP contribution in [0.2, 0.25) is 5.02 Å². The molecule has 1 aliphatic carbocycles. The number of carbonyl (C=O) groups is 2. The van der Waals surface area contributed by atoms with Gasteiger partial charge in [0.25, 0.3) is 5.69 Å². The van der Waals surface area contributed by atoms with E-state index in [2.05, 4.69) is 15.8 Å². The molecule has 116 valence electrons. The summed E-state index contributed by atoms with van der Waals surface area (Å²) in [6, 6.07) is 4.22. The van der Waals surface area contributed by atoms with Crippen LogP contribution < -0.4 is 10.7 Å². The average molecular weight is 325 g/mol. The Hall–Kier alpha value is -2.48. The molecule has 8 nitrogen and oxygen atoms in total. The summed E-state index contributed by atoms with van der Waals surface area (Å²) in [7, 11) is 0. The molecule has 0 atom stereocenters. The molecule has 1 saturated carbocycles. The summed E-state index contributed by atoms with van der Waals surface area (Å²) in [5.41, 5.74) is 2.58. The molecule has 2 N–H and O–H groups in total. The van der Waals surface area contributed by atoms with Gasteiger partial charge in [-0.25, -0.2) is 5.43 Å². The van der Waals surface area contributed by atoms with E-state index in [9.17, 15) is 19.7 Å². The predicted octanol–water partition coefficient (Wildman–Crippen LogP) is 1.37. The Morgan fingerprint density at radius 3 is 2.64 bits per heavy atom. The topological polar surface area (TPSA) is 114 Å². The van der Waals surface area contributed by atoms with Crippen LogP contribution in [0.15, 0.2) is 23.3 Å². The van der Waals surface area contributed by atoms with Crippen molar-refractivity contribution in [1.29, 1.82) is 0 Å². The third kappa shape index (κ3) is 4.01. The zero-order valence-electron chi connectivity index (χ0n) is 11.6. The molecule has 0 unspecified atom stereocenters. The summed E-state index contributed by atoms with van der Waals surface area (Å²) in [5.74, 6) is -1.63. The fraction of sp³-hybridized carbons (Fsp3) is 0.308. The van der Waals surface area contributed by atoms with Gasteiger partial charge in [0.15, 0.2) is 0 Å². The van der Waals surface area contributed by atoms with E-state index in [1.165, 1.54) is 18.2 Å². The number of nitrogens with one attached hydrogen (secondary N) is 2. The Labute approximate surface area is 130 Å². The molecule has 1 fully saturated rings. The lowest BCUT2D eigenvalue weighted by Gasteiger charge is -2.04. The third-order valence-corrected chi connectivity index (χ3v) is 3.32. The van der Waals surface area contributed by atoms with Gasteiger partial charge in [0.2, 0.25) is 0 Å². The van der Waals surface area contributed by atoms with Crippen molar-refractivity contribution >= 4 is 34.8 Å². The molecule has 0 heterocycles. The number of benzene rings is 1. The summed E-state index contributed by atoms with van der Waals surface area (Å²) >= 11 is 5.72. The fourth-order valence-corrected chi connectivity index (χ4v) is 1.79. The van der Waals surface area contributed by atoms with E-state index >= 15 is 0 Å². The van der Waals surface area contributed by atoms with Gasteiger partial charge in [-0.15, -0.1) is 0 Å². The van der Waals surface area contributed by atoms with E-state index in [0.29, 0.717) is 11.3 Å². The fourth-order valence-electron chi connectivity index (χ4n) is 1.61. The number of nitrogens with zero attached hydrogens (tertiary/aromatic N) is 2. The minimum absolute atomic E-state index is 0.00870. The molecule has 0 aliphatic heterocycles. The first kappa shape index (κ1) is 15.9. The van der Waals surface area contributed by atoms with E-state index in [0.717, 1.165) is 12.8 Å². The van der Waals surface area contributed by atoms with Gasteiger partial charge in [0.1, 0.15) is 5.02 Å². The van der Waals surface area contributed by atoms with E-state index in [-0.39, 0.29) is 16.8 Å². The first-order valence-corrected chi connectivity index (χ1v) is 6.85. The number of nitro benzene ring substituents is 1. The molecule has 1 aromatic carbocycles. The van der Waals surface area contributed by atoms with Crippen molar-refractivity contribution in [2.24, 2.45) is 5.10 Å². The van der Waals surface area contributed by atoms with Crippen molar-refractivity contribution in [2.45, 2.75) is 25.8 Å². The molecule has 0 spiro atoms. The molecular weight excluding hydrogens is 312 g/mol. The van der Waals surface area contributed by atoms with Gasteiger partial charge in [-0.05, 0) is 25.8 Å². The number of hydrogen-bond donors (Lipinski definition) is 2. The minimum Gasteiger partial charge on any atom is -0.345 e. The third-order valence-electron chi connectivity index (χ3n) is 3.00. The van der Waals surface area contributed by atoms with Gasteiger partial charge in [0.05, 0.1) is 10.6 Å². The highest BCUT2D eigenvalue weighted by molar-refractivity contribution is 6.35. The number of nitro groups is 1. The zero-order chi connectivity index (χ0) is 16.3. The highest BCUT2D eigenvalue weighted by Crippen LogP contribution is 2.25. The molecule has 22 heavy (non-hydrogen) atoms. The molecular formula is C13H13ClN4O4. The largest absolute Gasteiger partial charge is 0.345 e. The quantitative estimate of drug-likeness (QED) is 0.377. The summed E-state index contributed by atoms with van der Waals surface area (Å²) in [6.07, 6.45) is 1.74. The number of carbonyl (C=O) groups excluding carboxylic acids is 2. The molecule has 1 aromatic rings. The SMILES string of the molecule is C/C(=N/NC(=O)C(=O)NC1CC1)c1ccc(Cl)c([N+](=O)[O-])c1. The molecule has 0 radical (unpaired) electrons. The van der Waals surface area contributed by atoms with E-state index in [1.807, 2.05) is 0 Å². The van der Waals surface area contributed by atoms with Gasteiger partial charge in [-0.2, -0.15) is 5.10 Å². The van der Waals surface area contributed by atoms with Crippen molar-refractivity contribution < 1.29 is 14.5 Å². The Bertz CT molecular complexity index is 670. The van der Waals surface area contributed by atoms with Crippen molar-refractivity contribution in [3.63, 3.8) is 0 Å². The zero-order valence-corrected chi connectivity index (χ0v) is 12.4. The predicted molar refractivity (Wildman–Crippen MR) is 79.6 cm³/mol. The smallest absolute Gasteiger partial charge is 0.329 e. The van der Waals surface area contributed by atoms with Crippen LogP contribution in [0.25, 0.3) is 0 Å². The van der Waals surface area contributed by atoms with Crippen LogP contribution in [0.3, 0.4) is 0 Å². The lowest BCUT2D eigenvalue weighted by atomic mass is 10.1. The van der Waals surface area contributed by atoms with Crippen molar-refractivity contribution in [1.82, 2.24) is 10.7 Å². The highest BCUT2D eigenvalue weighted by Gasteiger charge is 2.26. The molecule has 0 bridgehead atoms. The minimum atomic E-state index is -0.880. The number of hydrogen-bond acceptors (Lipinski definition) is 5. The van der Waals surface area contributed by atoms with Crippen LogP contribution in [-0.2, 0) is 9.59 Å². The van der Waals surface area contributed by atoms with Crippen molar-refractivity contribution in [3.05, 3.63) is 38.9 Å². The van der Waals surface area contributed by atoms with E-state index < -0.39 is 16.7 Å². The van der Waals surface area contributed by atoms with Crippen LogP contribution in [0.5, 0.6) is 0 Å². The summed E-state index contributed by atoms with van der Waals surface area (Å²) < 4.78 is 0. The summed E-state index contributed by atoms with van der Waals surface area (Å²) in [4.78, 5) is 33.2. The second-order valence-corrected chi connectivity index (χ2v) is 5.22. The standard InChI is InChI=1S/C13H13ClN4O4/c1-7(8-2-5-10(14)11(6-8)18(21)22)16-17-13(20)12(19)15-9-3-4-9/h2,5-6,9H,3-4H2,1H3,(H,15,19)(H,17,20)/b16-7-. The molecule has 9 heteroatoms. The number of halogens is 1. The summed E-state index contributed by atoms with van der Waals surface area (Å²) in [5, 5.41) is 17.1. The number of rotatable bonds is 4. The molecule has 0 saturated heterocycles. The van der Waals surface area contributed by atoms with Crippen molar-refractivity contribution in [2.75, 3.05) is 0 Å². The van der Waals surface area contributed by atoms with Crippen LogP contribution in [-0.4, -0.2) is 28.5 Å². The Balaban J connectivity index is 2.05. The lowest BCUT2D eigenvalue weighted by Crippen LogP contribution is -2.39. The molecule has 0 aromatic heterocycles. The maximum atomic E-state index is 11.5. The normalized spacial score (nSPS) is 14.4. The second kappa shape index (κ2) is 6.52. The lowest BCUT2D eigenvalue weighted by molar-refractivity contribution is -0.384.